The number of methoxy groups -OCH3 is 2. The summed E-state index contributed by atoms with van der Waals surface area (Å²) in [4.78, 5) is 12.4. The zero-order valence-corrected chi connectivity index (χ0v) is 15.9. The molecular formula is C21H22N2O5. The van der Waals surface area contributed by atoms with Crippen LogP contribution in [0, 0.1) is 5.41 Å². The zero-order valence-electron chi connectivity index (χ0n) is 15.9. The molecule has 7 heteroatoms. The largest absolute Gasteiger partial charge is 0.493 e. The SMILES string of the molecule is COc1ccc(/C=N/NC(=O)c2ccc3c(c2)OCC2(CC2)CO3)cc1OC. The van der Waals surface area contributed by atoms with Gasteiger partial charge in [-0.1, -0.05) is 0 Å². The molecule has 2 aliphatic rings. The fourth-order valence-electron chi connectivity index (χ4n) is 3.01. The highest BCUT2D eigenvalue weighted by Crippen LogP contribution is 2.49. The second kappa shape index (κ2) is 7.42. The Labute approximate surface area is 163 Å². The summed E-state index contributed by atoms with van der Waals surface area (Å²) >= 11 is 0. The number of amides is 1. The van der Waals surface area contributed by atoms with Gasteiger partial charge in [0.25, 0.3) is 5.91 Å². The molecule has 0 saturated heterocycles. The van der Waals surface area contributed by atoms with Gasteiger partial charge in [-0.2, -0.15) is 5.10 Å². The lowest BCUT2D eigenvalue weighted by Gasteiger charge is -2.09. The van der Waals surface area contributed by atoms with Crippen molar-refractivity contribution in [2.24, 2.45) is 10.5 Å². The topological polar surface area (TPSA) is 78.4 Å². The molecule has 146 valence electrons. The molecule has 1 heterocycles. The van der Waals surface area contributed by atoms with Gasteiger partial charge in [0.05, 0.1) is 33.6 Å². The van der Waals surface area contributed by atoms with Crippen molar-refractivity contribution < 1.29 is 23.7 Å². The van der Waals surface area contributed by atoms with E-state index in [2.05, 4.69) is 10.5 Å². The van der Waals surface area contributed by atoms with Crippen molar-refractivity contribution in [3.05, 3.63) is 47.5 Å². The summed E-state index contributed by atoms with van der Waals surface area (Å²) in [6.07, 6.45) is 3.79. The molecule has 1 spiro atoms. The predicted octanol–water partition coefficient (Wildman–Crippen LogP) is 3.02. The van der Waals surface area contributed by atoms with Crippen molar-refractivity contribution in [1.82, 2.24) is 5.43 Å². The van der Waals surface area contributed by atoms with Crippen molar-refractivity contribution in [3.63, 3.8) is 0 Å². The Kier molecular flexibility index (Phi) is 4.81. The van der Waals surface area contributed by atoms with Gasteiger partial charge < -0.3 is 18.9 Å². The number of nitrogens with one attached hydrogen (secondary N) is 1. The van der Waals surface area contributed by atoms with Gasteiger partial charge in [-0.05, 0) is 54.8 Å². The van der Waals surface area contributed by atoms with Crippen molar-refractivity contribution in [2.45, 2.75) is 12.8 Å². The van der Waals surface area contributed by atoms with Gasteiger partial charge in [-0.25, -0.2) is 5.43 Å². The summed E-state index contributed by atoms with van der Waals surface area (Å²) in [7, 11) is 3.14. The van der Waals surface area contributed by atoms with Gasteiger partial charge in [0, 0.05) is 11.0 Å². The van der Waals surface area contributed by atoms with Crippen LogP contribution >= 0.6 is 0 Å². The van der Waals surface area contributed by atoms with Crippen LogP contribution in [-0.2, 0) is 0 Å². The average Bonchev–Trinajstić information content (AvgIpc) is 3.53. The second-order valence-electron chi connectivity index (χ2n) is 7.05. The normalized spacial score (nSPS) is 16.5. The summed E-state index contributed by atoms with van der Waals surface area (Å²) in [6.45, 7) is 1.30. The molecule has 28 heavy (non-hydrogen) atoms. The first kappa shape index (κ1) is 18.2. The van der Waals surface area contributed by atoms with Crippen molar-refractivity contribution in [2.75, 3.05) is 27.4 Å². The third kappa shape index (κ3) is 3.74. The first-order valence-corrected chi connectivity index (χ1v) is 9.08. The van der Waals surface area contributed by atoms with E-state index in [9.17, 15) is 4.79 Å². The van der Waals surface area contributed by atoms with Gasteiger partial charge in [0.1, 0.15) is 0 Å². The van der Waals surface area contributed by atoms with Gasteiger partial charge in [-0.15, -0.1) is 0 Å². The molecule has 1 N–H and O–H groups in total. The Hall–Kier alpha value is -3.22. The van der Waals surface area contributed by atoms with Crippen LogP contribution in [0.15, 0.2) is 41.5 Å². The van der Waals surface area contributed by atoms with Gasteiger partial charge in [0.2, 0.25) is 0 Å². The number of ether oxygens (including phenoxy) is 4. The fraction of sp³-hybridized carbons (Fsp3) is 0.333. The second-order valence-corrected chi connectivity index (χ2v) is 7.05. The van der Waals surface area contributed by atoms with Crippen molar-refractivity contribution >= 4 is 12.1 Å². The molecule has 1 fully saturated rings. The fourth-order valence-corrected chi connectivity index (χ4v) is 3.01. The molecular weight excluding hydrogens is 360 g/mol. The first-order valence-electron chi connectivity index (χ1n) is 9.08. The lowest BCUT2D eigenvalue weighted by atomic mass is 10.1. The van der Waals surface area contributed by atoms with E-state index in [4.69, 9.17) is 18.9 Å². The molecule has 2 aromatic carbocycles. The summed E-state index contributed by atoms with van der Waals surface area (Å²) < 4.78 is 22.2. The predicted molar refractivity (Wildman–Crippen MR) is 104 cm³/mol. The number of hydrogen-bond donors (Lipinski definition) is 1. The van der Waals surface area contributed by atoms with Gasteiger partial charge in [0.15, 0.2) is 23.0 Å². The van der Waals surface area contributed by atoms with E-state index in [1.54, 1.807) is 50.8 Å². The minimum atomic E-state index is -0.325. The van der Waals surface area contributed by atoms with E-state index < -0.39 is 0 Å². The lowest BCUT2D eigenvalue weighted by molar-refractivity contribution is 0.0954. The van der Waals surface area contributed by atoms with Crippen LogP contribution in [0.4, 0.5) is 0 Å². The number of benzene rings is 2. The Morgan fingerprint density at radius 2 is 1.79 bits per heavy atom. The van der Waals surface area contributed by atoms with E-state index >= 15 is 0 Å². The Morgan fingerprint density at radius 1 is 1.04 bits per heavy atom. The number of carbonyl (C=O) groups is 1. The summed E-state index contributed by atoms with van der Waals surface area (Å²) in [5.74, 6) is 2.17. The maximum Gasteiger partial charge on any atom is 0.271 e. The van der Waals surface area contributed by atoms with Crippen LogP contribution in [0.1, 0.15) is 28.8 Å². The number of nitrogens with zero attached hydrogens (tertiary/aromatic N) is 1. The maximum absolute atomic E-state index is 12.4. The summed E-state index contributed by atoms with van der Waals surface area (Å²) in [5, 5.41) is 4.02. The molecule has 0 atom stereocenters. The summed E-state index contributed by atoms with van der Waals surface area (Å²) in [5.41, 5.74) is 3.91. The smallest absolute Gasteiger partial charge is 0.271 e. The van der Waals surface area contributed by atoms with Crippen LogP contribution in [0.2, 0.25) is 0 Å². The highest BCUT2D eigenvalue weighted by Gasteiger charge is 2.46. The van der Waals surface area contributed by atoms with E-state index in [1.165, 1.54) is 0 Å². The summed E-state index contributed by atoms with van der Waals surface area (Å²) in [6, 6.07) is 10.5. The van der Waals surface area contributed by atoms with Crippen molar-refractivity contribution in [1.29, 1.82) is 0 Å². The third-order valence-electron chi connectivity index (χ3n) is 5.02. The van der Waals surface area contributed by atoms with Crippen LogP contribution in [0.25, 0.3) is 0 Å². The first-order chi connectivity index (χ1) is 13.6. The number of carbonyl (C=O) groups excluding carboxylic acids is 1. The molecule has 1 aliphatic heterocycles. The molecule has 0 bridgehead atoms. The molecule has 0 unspecified atom stereocenters. The van der Waals surface area contributed by atoms with E-state index in [0.717, 1.165) is 18.4 Å². The maximum atomic E-state index is 12.4. The number of hydrogen-bond acceptors (Lipinski definition) is 6. The Bertz CT molecular complexity index is 921. The third-order valence-corrected chi connectivity index (χ3v) is 5.02. The van der Waals surface area contributed by atoms with Crippen LogP contribution in [0.3, 0.4) is 0 Å². The molecule has 1 amide bonds. The molecule has 7 nitrogen and oxygen atoms in total. The minimum absolute atomic E-state index is 0.158. The van der Waals surface area contributed by atoms with Crippen LogP contribution in [-0.4, -0.2) is 39.6 Å². The van der Waals surface area contributed by atoms with Gasteiger partial charge in [-0.3, -0.25) is 4.79 Å². The van der Waals surface area contributed by atoms with E-state index in [0.29, 0.717) is 41.8 Å². The highest BCUT2D eigenvalue weighted by atomic mass is 16.5. The molecule has 0 radical (unpaired) electrons. The molecule has 2 aromatic rings. The van der Waals surface area contributed by atoms with Crippen LogP contribution in [0.5, 0.6) is 23.0 Å². The minimum Gasteiger partial charge on any atom is -0.493 e. The van der Waals surface area contributed by atoms with Crippen LogP contribution < -0.4 is 24.4 Å². The van der Waals surface area contributed by atoms with E-state index in [1.807, 2.05) is 6.07 Å². The lowest BCUT2D eigenvalue weighted by Crippen LogP contribution is -2.18. The standard InChI is InChI=1S/C21H22N2O5/c1-25-16-5-3-14(9-18(16)26-2)11-22-23-20(24)15-4-6-17-19(10-15)28-13-21(7-8-21)12-27-17/h3-6,9-11H,7-8,12-13H2,1-2H3,(H,23,24)/b22-11+. The number of hydrazone groups is 1. The Balaban J connectivity index is 1.41. The molecule has 1 saturated carbocycles. The molecule has 0 aromatic heterocycles. The zero-order chi connectivity index (χ0) is 19.6. The number of fused-ring (bicyclic) bond motifs is 1. The monoisotopic (exact) mass is 382 g/mol. The van der Waals surface area contributed by atoms with E-state index in [-0.39, 0.29) is 11.3 Å². The van der Waals surface area contributed by atoms with Crippen molar-refractivity contribution in [3.8, 4) is 23.0 Å². The Morgan fingerprint density at radius 3 is 2.50 bits per heavy atom. The molecule has 1 aliphatic carbocycles. The average molecular weight is 382 g/mol. The molecule has 4 rings (SSSR count). The highest BCUT2D eigenvalue weighted by molar-refractivity contribution is 5.95. The quantitative estimate of drug-likeness (QED) is 0.635. The van der Waals surface area contributed by atoms with Gasteiger partial charge >= 0.3 is 0 Å². The number of rotatable bonds is 5.